The highest BCUT2D eigenvalue weighted by molar-refractivity contribution is 5.76. The van der Waals surface area contributed by atoms with Gasteiger partial charge in [-0.2, -0.15) is 0 Å². The lowest BCUT2D eigenvalue weighted by molar-refractivity contribution is -0.122. The van der Waals surface area contributed by atoms with Crippen molar-refractivity contribution in [3.05, 3.63) is 18.2 Å². The maximum absolute atomic E-state index is 12.7. The second kappa shape index (κ2) is 6.37. The van der Waals surface area contributed by atoms with Crippen LogP contribution in [0.15, 0.2) is 12.4 Å². The monoisotopic (exact) mass is 293 g/mol. The zero-order valence-electron chi connectivity index (χ0n) is 11.9. The lowest BCUT2D eigenvalue weighted by Gasteiger charge is -2.28. The standard InChI is InChI=1S/C15H20FN3O2/c16-11-8-17-15(18-9-11)21-13-5-3-12(4-6-13)19-14(20)7-10-1-2-10/h8-10,12-13H,1-7H2,(H,19,20). The summed E-state index contributed by atoms with van der Waals surface area (Å²) in [5.74, 6) is 0.341. The van der Waals surface area contributed by atoms with E-state index >= 15 is 0 Å². The summed E-state index contributed by atoms with van der Waals surface area (Å²) in [5.41, 5.74) is 0. The van der Waals surface area contributed by atoms with Crippen LogP contribution in [0.5, 0.6) is 6.01 Å². The number of amides is 1. The average molecular weight is 293 g/mol. The van der Waals surface area contributed by atoms with Crippen LogP contribution in [0.1, 0.15) is 44.9 Å². The molecule has 3 rings (SSSR count). The Morgan fingerprint density at radius 3 is 2.48 bits per heavy atom. The molecule has 0 aliphatic heterocycles. The van der Waals surface area contributed by atoms with Crippen LogP contribution >= 0.6 is 0 Å². The number of nitrogens with one attached hydrogen (secondary N) is 1. The van der Waals surface area contributed by atoms with Crippen molar-refractivity contribution in [1.29, 1.82) is 0 Å². The fraction of sp³-hybridized carbons (Fsp3) is 0.667. The second-order valence-corrected chi connectivity index (χ2v) is 5.99. The Morgan fingerprint density at radius 2 is 1.86 bits per heavy atom. The van der Waals surface area contributed by atoms with E-state index in [9.17, 15) is 9.18 Å². The first-order valence-corrected chi connectivity index (χ1v) is 7.62. The molecule has 5 nitrogen and oxygen atoms in total. The van der Waals surface area contributed by atoms with E-state index in [-0.39, 0.29) is 24.1 Å². The summed E-state index contributed by atoms with van der Waals surface area (Å²) >= 11 is 0. The van der Waals surface area contributed by atoms with Gasteiger partial charge in [-0.05, 0) is 44.4 Å². The molecule has 0 atom stereocenters. The molecular weight excluding hydrogens is 273 g/mol. The maximum atomic E-state index is 12.7. The van der Waals surface area contributed by atoms with Crippen molar-refractivity contribution >= 4 is 5.91 Å². The highest BCUT2D eigenvalue weighted by Gasteiger charge is 2.27. The summed E-state index contributed by atoms with van der Waals surface area (Å²) in [7, 11) is 0. The van der Waals surface area contributed by atoms with Crippen LogP contribution in [-0.4, -0.2) is 28.0 Å². The van der Waals surface area contributed by atoms with Crippen LogP contribution in [0.3, 0.4) is 0 Å². The quantitative estimate of drug-likeness (QED) is 0.904. The summed E-state index contributed by atoms with van der Waals surface area (Å²) in [5, 5.41) is 3.11. The molecule has 6 heteroatoms. The smallest absolute Gasteiger partial charge is 0.316 e. The molecule has 1 aromatic heterocycles. The predicted octanol–water partition coefficient (Wildman–Crippen LogP) is 2.22. The van der Waals surface area contributed by atoms with Crippen LogP contribution in [-0.2, 0) is 4.79 Å². The van der Waals surface area contributed by atoms with E-state index in [1.807, 2.05) is 0 Å². The minimum atomic E-state index is -0.468. The van der Waals surface area contributed by atoms with Crippen molar-refractivity contribution in [2.24, 2.45) is 5.92 Å². The summed E-state index contributed by atoms with van der Waals surface area (Å²) in [4.78, 5) is 19.4. The Morgan fingerprint density at radius 1 is 1.19 bits per heavy atom. The van der Waals surface area contributed by atoms with Gasteiger partial charge < -0.3 is 10.1 Å². The van der Waals surface area contributed by atoms with E-state index < -0.39 is 5.82 Å². The van der Waals surface area contributed by atoms with E-state index in [4.69, 9.17) is 4.74 Å². The largest absolute Gasteiger partial charge is 0.460 e. The van der Waals surface area contributed by atoms with Crippen molar-refractivity contribution in [2.75, 3.05) is 0 Å². The Balaban J connectivity index is 1.40. The van der Waals surface area contributed by atoms with Gasteiger partial charge in [0.1, 0.15) is 6.10 Å². The van der Waals surface area contributed by atoms with E-state index in [1.165, 1.54) is 12.8 Å². The third kappa shape index (κ3) is 4.37. The Hall–Kier alpha value is -1.72. The molecule has 21 heavy (non-hydrogen) atoms. The molecule has 0 radical (unpaired) electrons. The summed E-state index contributed by atoms with van der Waals surface area (Å²) in [6.45, 7) is 0. The van der Waals surface area contributed by atoms with Crippen molar-refractivity contribution in [3.63, 3.8) is 0 Å². The molecule has 2 saturated carbocycles. The average Bonchev–Trinajstić information content (AvgIpc) is 3.27. The maximum Gasteiger partial charge on any atom is 0.316 e. The zero-order valence-corrected chi connectivity index (χ0v) is 11.9. The van der Waals surface area contributed by atoms with Gasteiger partial charge in [0.2, 0.25) is 5.91 Å². The topological polar surface area (TPSA) is 64.1 Å². The Kier molecular flexibility index (Phi) is 4.31. The predicted molar refractivity (Wildman–Crippen MR) is 74.1 cm³/mol. The number of carbonyl (C=O) groups excluding carboxylic acids is 1. The van der Waals surface area contributed by atoms with Crippen molar-refractivity contribution in [3.8, 4) is 6.01 Å². The van der Waals surface area contributed by atoms with E-state index in [2.05, 4.69) is 15.3 Å². The number of rotatable bonds is 5. The summed E-state index contributed by atoms with van der Waals surface area (Å²) < 4.78 is 18.3. The van der Waals surface area contributed by atoms with Gasteiger partial charge in [-0.1, -0.05) is 0 Å². The SMILES string of the molecule is O=C(CC1CC1)NC1CCC(Oc2ncc(F)cn2)CC1. The van der Waals surface area contributed by atoms with E-state index in [0.717, 1.165) is 38.1 Å². The number of ether oxygens (including phenoxy) is 1. The Labute approximate surface area is 123 Å². The Bertz CT molecular complexity index is 482. The molecule has 1 aromatic rings. The first kappa shape index (κ1) is 14.2. The second-order valence-electron chi connectivity index (χ2n) is 5.99. The molecule has 1 heterocycles. The molecule has 114 valence electrons. The molecule has 2 fully saturated rings. The number of carbonyl (C=O) groups is 1. The van der Waals surface area contributed by atoms with Gasteiger partial charge in [-0.15, -0.1) is 0 Å². The van der Waals surface area contributed by atoms with Crippen LogP contribution in [0.25, 0.3) is 0 Å². The fourth-order valence-corrected chi connectivity index (χ4v) is 2.71. The number of aromatic nitrogens is 2. The molecule has 0 aromatic carbocycles. The molecule has 1 N–H and O–H groups in total. The van der Waals surface area contributed by atoms with Crippen molar-refractivity contribution in [1.82, 2.24) is 15.3 Å². The molecule has 0 spiro atoms. The summed E-state index contributed by atoms with van der Waals surface area (Å²) in [6.07, 6.45) is 8.86. The molecule has 0 unspecified atom stereocenters. The van der Waals surface area contributed by atoms with Gasteiger partial charge in [0.25, 0.3) is 0 Å². The number of halogens is 1. The third-order valence-corrected chi connectivity index (χ3v) is 4.08. The molecule has 1 amide bonds. The highest BCUT2D eigenvalue weighted by Crippen LogP contribution is 2.32. The fourth-order valence-electron chi connectivity index (χ4n) is 2.71. The van der Waals surface area contributed by atoms with Crippen LogP contribution in [0.2, 0.25) is 0 Å². The van der Waals surface area contributed by atoms with Gasteiger partial charge in [-0.3, -0.25) is 4.79 Å². The van der Waals surface area contributed by atoms with E-state index in [1.54, 1.807) is 0 Å². The van der Waals surface area contributed by atoms with Gasteiger partial charge in [0.05, 0.1) is 12.4 Å². The lowest BCUT2D eigenvalue weighted by atomic mass is 9.93. The van der Waals surface area contributed by atoms with E-state index in [0.29, 0.717) is 12.3 Å². The van der Waals surface area contributed by atoms with Gasteiger partial charge >= 0.3 is 6.01 Å². The molecular formula is C15H20FN3O2. The van der Waals surface area contributed by atoms with Crippen molar-refractivity contribution < 1.29 is 13.9 Å². The number of hydrogen-bond acceptors (Lipinski definition) is 4. The van der Waals surface area contributed by atoms with Gasteiger partial charge in [-0.25, -0.2) is 14.4 Å². The first-order valence-electron chi connectivity index (χ1n) is 7.62. The molecule has 2 aliphatic rings. The van der Waals surface area contributed by atoms with Crippen LogP contribution in [0.4, 0.5) is 4.39 Å². The lowest BCUT2D eigenvalue weighted by Crippen LogP contribution is -2.39. The minimum Gasteiger partial charge on any atom is -0.460 e. The molecule has 0 bridgehead atoms. The first-order chi connectivity index (χ1) is 10.2. The van der Waals surface area contributed by atoms with Gasteiger partial charge in [0.15, 0.2) is 5.82 Å². The van der Waals surface area contributed by atoms with Crippen LogP contribution < -0.4 is 10.1 Å². The minimum absolute atomic E-state index is 0.0482. The molecule has 2 aliphatic carbocycles. The summed E-state index contributed by atoms with van der Waals surface area (Å²) in [6, 6.07) is 0.475. The normalized spacial score (nSPS) is 25.4. The van der Waals surface area contributed by atoms with Crippen LogP contribution in [0, 0.1) is 11.7 Å². The van der Waals surface area contributed by atoms with Gasteiger partial charge in [0, 0.05) is 12.5 Å². The third-order valence-electron chi connectivity index (χ3n) is 4.08. The zero-order chi connectivity index (χ0) is 14.7. The number of hydrogen-bond donors (Lipinski definition) is 1. The highest BCUT2D eigenvalue weighted by atomic mass is 19.1. The number of nitrogens with zero attached hydrogens (tertiary/aromatic N) is 2. The van der Waals surface area contributed by atoms with Crippen molar-refractivity contribution in [2.45, 2.75) is 57.1 Å². The molecule has 0 saturated heterocycles.